The van der Waals surface area contributed by atoms with Gasteiger partial charge in [-0.15, -0.1) is 0 Å². The molecule has 5 nitrogen and oxygen atoms in total. The maximum atomic E-state index is 11.8. The lowest BCUT2D eigenvalue weighted by molar-refractivity contribution is -0.117. The van der Waals surface area contributed by atoms with Gasteiger partial charge in [0.05, 0.1) is 0 Å². The molecule has 0 aliphatic carbocycles. The lowest BCUT2D eigenvalue weighted by Crippen LogP contribution is -2.09. The Hall–Kier alpha value is -2.69. The summed E-state index contributed by atoms with van der Waals surface area (Å²) >= 11 is 0. The van der Waals surface area contributed by atoms with Gasteiger partial charge in [-0.05, 0) is 31.4 Å². The number of benzene rings is 1. The molecule has 1 amide bonds. The zero-order valence-corrected chi connectivity index (χ0v) is 13.2. The number of hydrogen-bond acceptors (Lipinski definition) is 3. The average molecular weight is 311 g/mol. The third kappa shape index (κ3) is 6.30. The van der Waals surface area contributed by atoms with E-state index in [0.717, 1.165) is 24.9 Å². The second kappa shape index (κ2) is 8.68. The molecule has 0 saturated heterocycles. The number of aromatic nitrogens is 2. The van der Waals surface area contributed by atoms with Crippen LogP contribution in [0.15, 0.2) is 48.7 Å². The fourth-order valence-corrected chi connectivity index (χ4v) is 2.10. The van der Waals surface area contributed by atoms with Gasteiger partial charge in [0, 0.05) is 31.3 Å². The quantitative estimate of drug-likeness (QED) is 0.601. The molecule has 1 N–H and O–H groups in total. The SMILES string of the molecule is CC(=O)CCCCn1ccc(NC(=O)C=Cc2ccccc2)n1. The van der Waals surface area contributed by atoms with Gasteiger partial charge in [0.25, 0.3) is 0 Å². The van der Waals surface area contributed by atoms with Crippen molar-refractivity contribution >= 4 is 23.6 Å². The molecule has 0 atom stereocenters. The standard InChI is InChI=1S/C18H21N3O2/c1-15(22)7-5-6-13-21-14-12-17(20-21)19-18(23)11-10-16-8-3-2-4-9-16/h2-4,8-12,14H,5-7,13H2,1H3,(H,19,20,23). The van der Waals surface area contributed by atoms with Gasteiger partial charge in [-0.3, -0.25) is 9.48 Å². The average Bonchev–Trinajstić information content (AvgIpc) is 2.98. The zero-order valence-electron chi connectivity index (χ0n) is 13.2. The Balaban J connectivity index is 1.78. The fraction of sp³-hybridized carbons (Fsp3) is 0.278. The maximum Gasteiger partial charge on any atom is 0.249 e. The van der Waals surface area contributed by atoms with Crippen LogP contribution in [0, 0.1) is 0 Å². The Labute approximate surface area is 136 Å². The lowest BCUT2D eigenvalue weighted by atomic mass is 10.2. The van der Waals surface area contributed by atoms with Crippen molar-refractivity contribution in [3.05, 3.63) is 54.2 Å². The number of carbonyl (C=O) groups is 2. The van der Waals surface area contributed by atoms with Crippen molar-refractivity contribution in [1.29, 1.82) is 0 Å². The molecule has 0 spiro atoms. The van der Waals surface area contributed by atoms with Gasteiger partial charge in [-0.2, -0.15) is 5.10 Å². The summed E-state index contributed by atoms with van der Waals surface area (Å²) in [5, 5.41) is 7.02. The number of nitrogens with one attached hydrogen (secondary N) is 1. The second-order valence-corrected chi connectivity index (χ2v) is 5.36. The number of Topliss-reactive ketones (excluding diaryl/α,β-unsaturated/α-hetero) is 1. The molecular formula is C18H21N3O2. The smallest absolute Gasteiger partial charge is 0.249 e. The van der Waals surface area contributed by atoms with Gasteiger partial charge in [0.15, 0.2) is 5.82 Å². The van der Waals surface area contributed by atoms with Crippen LogP contribution in [-0.2, 0) is 16.1 Å². The zero-order chi connectivity index (χ0) is 16.5. The van der Waals surface area contributed by atoms with E-state index in [4.69, 9.17) is 0 Å². The van der Waals surface area contributed by atoms with Crippen molar-refractivity contribution in [2.45, 2.75) is 32.7 Å². The normalized spacial score (nSPS) is 10.8. The number of nitrogens with zero attached hydrogens (tertiary/aromatic N) is 2. The molecule has 0 aliphatic heterocycles. The molecule has 0 aliphatic rings. The first-order chi connectivity index (χ1) is 11.1. The highest BCUT2D eigenvalue weighted by Gasteiger charge is 2.02. The number of ketones is 1. The van der Waals surface area contributed by atoms with E-state index >= 15 is 0 Å². The van der Waals surface area contributed by atoms with Crippen LogP contribution in [0.25, 0.3) is 6.08 Å². The number of aryl methyl sites for hydroxylation is 1. The van der Waals surface area contributed by atoms with Crippen LogP contribution in [0.3, 0.4) is 0 Å². The summed E-state index contributed by atoms with van der Waals surface area (Å²) in [5.74, 6) is 0.526. The van der Waals surface area contributed by atoms with Crippen LogP contribution in [0.2, 0.25) is 0 Å². The van der Waals surface area contributed by atoms with Crippen molar-refractivity contribution in [2.24, 2.45) is 0 Å². The van der Waals surface area contributed by atoms with E-state index in [9.17, 15) is 9.59 Å². The van der Waals surface area contributed by atoms with Gasteiger partial charge in [0.2, 0.25) is 5.91 Å². The van der Waals surface area contributed by atoms with Gasteiger partial charge >= 0.3 is 0 Å². The summed E-state index contributed by atoms with van der Waals surface area (Å²) in [7, 11) is 0. The molecule has 0 bridgehead atoms. The summed E-state index contributed by atoms with van der Waals surface area (Å²) in [6.45, 7) is 2.34. The van der Waals surface area contributed by atoms with E-state index in [2.05, 4.69) is 10.4 Å². The summed E-state index contributed by atoms with van der Waals surface area (Å²) in [4.78, 5) is 22.7. The molecule has 0 radical (unpaired) electrons. The number of rotatable bonds is 8. The molecule has 0 saturated carbocycles. The highest BCUT2D eigenvalue weighted by Crippen LogP contribution is 2.06. The van der Waals surface area contributed by atoms with Crippen LogP contribution in [0.5, 0.6) is 0 Å². The minimum atomic E-state index is -0.212. The Morgan fingerprint density at radius 3 is 2.70 bits per heavy atom. The molecule has 23 heavy (non-hydrogen) atoms. The summed E-state index contributed by atoms with van der Waals surface area (Å²) < 4.78 is 1.77. The van der Waals surface area contributed by atoms with E-state index in [1.54, 1.807) is 23.7 Å². The van der Waals surface area contributed by atoms with Gasteiger partial charge < -0.3 is 10.1 Å². The first kappa shape index (κ1) is 16.7. The molecule has 5 heteroatoms. The Morgan fingerprint density at radius 1 is 1.17 bits per heavy atom. The number of anilines is 1. The number of hydrogen-bond donors (Lipinski definition) is 1. The third-order valence-electron chi connectivity index (χ3n) is 3.28. The van der Waals surface area contributed by atoms with Crippen molar-refractivity contribution < 1.29 is 9.59 Å². The molecule has 0 unspecified atom stereocenters. The van der Waals surface area contributed by atoms with E-state index in [-0.39, 0.29) is 11.7 Å². The fourth-order valence-electron chi connectivity index (χ4n) is 2.10. The van der Waals surface area contributed by atoms with Crippen molar-refractivity contribution in [1.82, 2.24) is 9.78 Å². The Morgan fingerprint density at radius 2 is 1.96 bits per heavy atom. The molecular weight excluding hydrogens is 290 g/mol. The Bertz CT molecular complexity index is 675. The molecule has 0 fully saturated rings. The van der Waals surface area contributed by atoms with Crippen LogP contribution in [0.4, 0.5) is 5.82 Å². The molecule has 1 heterocycles. The molecule has 1 aromatic carbocycles. The molecule has 2 rings (SSSR count). The Kier molecular flexibility index (Phi) is 6.29. The largest absolute Gasteiger partial charge is 0.306 e. The minimum Gasteiger partial charge on any atom is -0.306 e. The van der Waals surface area contributed by atoms with Crippen LogP contribution < -0.4 is 5.32 Å². The summed E-state index contributed by atoms with van der Waals surface area (Å²) in [6.07, 6.45) is 7.42. The summed E-state index contributed by atoms with van der Waals surface area (Å²) in [6, 6.07) is 11.4. The van der Waals surface area contributed by atoms with Crippen molar-refractivity contribution in [3.63, 3.8) is 0 Å². The number of amides is 1. The van der Waals surface area contributed by atoms with Gasteiger partial charge in [-0.25, -0.2) is 0 Å². The van der Waals surface area contributed by atoms with Crippen LogP contribution in [0.1, 0.15) is 31.7 Å². The number of carbonyl (C=O) groups excluding carboxylic acids is 2. The first-order valence-electron chi connectivity index (χ1n) is 7.70. The highest BCUT2D eigenvalue weighted by molar-refractivity contribution is 6.01. The predicted octanol–water partition coefficient (Wildman–Crippen LogP) is 3.29. The van der Waals surface area contributed by atoms with Gasteiger partial charge in [0.1, 0.15) is 5.78 Å². The molecule has 120 valence electrons. The van der Waals surface area contributed by atoms with Crippen LogP contribution >= 0.6 is 0 Å². The predicted molar refractivity (Wildman–Crippen MR) is 90.9 cm³/mol. The topological polar surface area (TPSA) is 64.0 Å². The van der Waals surface area contributed by atoms with Gasteiger partial charge in [-0.1, -0.05) is 30.3 Å². The molecule has 1 aromatic heterocycles. The van der Waals surface area contributed by atoms with Crippen LogP contribution in [-0.4, -0.2) is 21.5 Å². The summed E-state index contributed by atoms with van der Waals surface area (Å²) in [5.41, 5.74) is 0.971. The van der Waals surface area contributed by atoms with Crippen molar-refractivity contribution in [3.8, 4) is 0 Å². The molecule has 2 aromatic rings. The van der Waals surface area contributed by atoms with E-state index < -0.39 is 0 Å². The van der Waals surface area contributed by atoms with E-state index in [0.29, 0.717) is 12.2 Å². The lowest BCUT2D eigenvalue weighted by Gasteiger charge is -2.01. The number of unbranched alkanes of at least 4 members (excludes halogenated alkanes) is 1. The maximum absolute atomic E-state index is 11.8. The minimum absolute atomic E-state index is 0.212. The highest BCUT2D eigenvalue weighted by atomic mass is 16.1. The van der Waals surface area contributed by atoms with E-state index in [1.165, 1.54) is 6.08 Å². The third-order valence-corrected chi connectivity index (χ3v) is 3.28. The van der Waals surface area contributed by atoms with E-state index in [1.807, 2.05) is 36.5 Å². The monoisotopic (exact) mass is 311 g/mol. The second-order valence-electron chi connectivity index (χ2n) is 5.36. The van der Waals surface area contributed by atoms with Crippen molar-refractivity contribution in [2.75, 3.05) is 5.32 Å². The first-order valence-corrected chi connectivity index (χ1v) is 7.70.